The number of esters is 1. The summed E-state index contributed by atoms with van der Waals surface area (Å²) in [6.07, 6.45) is 3.41. The van der Waals surface area contributed by atoms with E-state index in [0.717, 1.165) is 0 Å². The highest BCUT2D eigenvalue weighted by atomic mass is 16.6. The molecule has 0 heterocycles. The van der Waals surface area contributed by atoms with E-state index in [9.17, 15) is 9.59 Å². The van der Waals surface area contributed by atoms with Crippen molar-refractivity contribution in [3.8, 4) is 0 Å². The van der Waals surface area contributed by atoms with Crippen molar-refractivity contribution in [3.63, 3.8) is 0 Å². The van der Waals surface area contributed by atoms with Crippen LogP contribution in [-0.4, -0.2) is 29.8 Å². The molecular weight excluding hydrogens is 222 g/mol. The molecule has 1 rings (SSSR count). The van der Waals surface area contributed by atoms with E-state index in [1.165, 1.54) is 6.92 Å². The molecule has 1 amide bonds. The number of alkyl carbamates (subject to hydrolysis) is 1. The molecule has 0 radical (unpaired) electrons. The Morgan fingerprint density at radius 2 is 1.94 bits per heavy atom. The molecule has 1 aliphatic carbocycles. The first-order valence-electron chi connectivity index (χ1n) is 5.61. The number of hydrogen-bond donors (Lipinski definition) is 1. The summed E-state index contributed by atoms with van der Waals surface area (Å²) in [6, 6.07) is -0.144. The lowest BCUT2D eigenvalue weighted by Crippen LogP contribution is -2.38. The van der Waals surface area contributed by atoms with Gasteiger partial charge in [0.1, 0.15) is 11.7 Å². The second kappa shape index (κ2) is 5.21. The van der Waals surface area contributed by atoms with Gasteiger partial charge in [0.15, 0.2) is 0 Å². The van der Waals surface area contributed by atoms with Gasteiger partial charge in [-0.15, -0.1) is 0 Å². The van der Waals surface area contributed by atoms with Crippen LogP contribution in [0.5, 0.6) is 0 Å². The zero-order valence-electron chi connectivity index (χ0n) is 10.6. The van der Waals surface area contributed by atoms with Crippen LogP contribution in [-0.2, 0) is 14.3 Å². The van der Waals surface area contributed by atoms with Crippen LogP contribution in [0.15, 0.2) is 12.2 Å². The second-order valence-electron chi connectivity index (χ2n) is 5.02. The Labute approximate surface area is 101 Å². The Morgan fingerprint density at radius 3 is 2.47 bits per heavy atom. The molecule has 5 heteroatoms. The molecule has 0 spiro atoms. The van der Waals surface area contributed by atoms with Crippen molar-refractivity contribution in [1.82, 2.24) is 5.32 Å². The molecule has 0 saturated heterocycles. The lowest BCUT2D eigenvalue weighted by atomic mass is 10.2. The predicted octanol–water partition coefficient (Wildman–Crippen LogP) is 1.77. The fourth-order valence-electron chi connectivity index (χ4n) is 1.53. The summed E-state index contributed by atoms with van der Waals surface area (Å²) in [7, 11) is 0. The maximum atomic E-state index is 11.5. The van der Waals surface area contributed by atoms with Gasteiger partial charge in [0, 0.05) is 13.3 Å². The molecule has 0 aromatic rings. The van der Waals surface area contributed by atoms with Crippen molar-refractivity contribution >= 4 is 12.1 Å². The summed E-state index contributed by atoms with van der Waals surface area (Å²) >= 11 is 0. The molecule has 5 nitrogen and oxygen atoms in total. The first-order chi connectivity index (χ1) is 7.76. The lowest BCUT2D eigenvalue weighted by molar-refractivity contribution is -0.144. The van der Waals surface area contributed by atoms with Crippen LogP contribution < -0.4 is 5.32 Å². The number of nitrogens with one attached hydrogen (secondary N) is 1. The van der Waals surface area contributed by atoms with Crippen molar-refractivity contribution < 1.29 is 19.1 Å². The molecule has 0 fully saturated rings. The molecule has 0 saturated carbocycles. The minimum absolute atomic E-state index is 0.144. The average molecular weight is 241 g/mol. The van der Waals surface area contributed by atoms with E-state index >= 15 is 0 Å². The van der Waals surface area contributed by atoms with E-state index in [4.69, 9.17) is 9.47 Å². The molecule has 0 bridgehead atoms. The van der Waals surface area contributed by atoms with Gasteiger partial charge in [0.05, 0.1) is 6.04 Å². The van der Waals surface area contributed by atoms with Gasteiger partial charge >= 0.3 is 12.1 Å². The molecule has 2 atom stereocenters. The SMILES string of the molecule is CC(=O)O[C@@H]1C=C[C@@H](NC(=O)OC(C)(C)C)C1. The number of carbonyl (C=O) groups is 2. The van der Waals surface area contributed by atoms with Gasteiger partial charge in [-0.25, -0.2) is 4.79 Å². The molecule has 17 heavy (non-hydrogen) atoms. The lowest BCUT2D eigenvalue weighted by Gasteiger charge is -2.21. The van der Waals surface area contributed by atoms with E-state index in [1.807, 2.05) is 0 Å². The molecular formula is C12H19NO4. The maximum absolute atomic E-state index is 11.5. The van der Waals surface area contributed by atoms with Crippen LogP contribution in [0.25, 0.3) is 0 Å². The Hall–Kier alpha value is -1.52. The number of amides is 1. The van der Waals surface area contributed by atoms with Gasteiger partial charge < -0.3 is 14.8 Å². The zero-order valence-corrected chi connectivity index (χ0v) is 10.6. The van der Waals surface area contributed by atoms with Crippen molar-refractivity contribution in [3.05, 3.63) is 12.2 Å². The minimum atomic E-state index is -0.512. The summed E-state index contributed by atoms with van der Waals surface area (Å²) in [4.78, 5) is 22.2. The summed E-state index contributed by atoms with van der Waals surface area (Å²) in [5.74, 6) is -0.322. The summed E-state index contributed by atoms with van der Waals surface area (Å²) in [5.41, 5.74) is -0.512. The van der Waals surface area contributed by atoms with E-state index in [0.29, 0.717) is 6.42 Å². The molecule has 0 aromatic carbocycles. The predicted molar refractivity (Wildman–Crippen MR) is 62.5 cm³/mol. The van der Waals surface area contributed by atoms with Crippen molar-refractivity contribution in [1.29, 1.82) is 0 Å². The van der Waals surface area contributed by atoms with Gasteiger partial charge in [0.2, 0.25) is 0 Å². The largest absolute Gasteiger partial charge is 0.458 e. The van der Waals surface area contributed by atoms with E-state index in [1.54, 1.807) is 32.9 Å². The monoisotopic (exact) mass is 241 g/mol. The van der Waals surface area contributed by atoms with Crippen LogP contribution in [0, 0.1) is 0 Å². The normalized spacial score (nSPS) is 23.3. The highest BCUT2D eigenvalue weighted by Crippen LogP contribution is 2.15. The van der Waals surface area contributed by atoms with Crippen LogP contribution in [0.1, 0.15) is 34.1 Å². The van der Waals surface area contributed by atoms with Gasteiger partial charge in [0.25, 0.3) is 0 Å². The highest BCUT2D eigenvalue weighted by molar-refractivity contribution is 5.69. The van der Waals surface area contributed by atoms with Gasteiger partial charge in [-0.1, -0.05) is 6.08 Å². The van der Waals surface area contributed by atoms with Crippen LogP contribution >= 0.6 is 0 Å². The van der Waals surface area contributed by atoms with Crippen LogP contribution in [0.3, 0.4) is 0 Å². The number of ether oxygens (including phenoxy) is 2. The van der Waals surface area contributed by atoms with Gasteiger partial charge in [-0.3, -0.25) is 4.79 Å². The standard InChI is InChI=1S/C12H19NO4/c1-8(14)16-10-6-5-9(7-10)13-11(15)17-12(2,3)4/h5-6,9-10H,7H2,1-4H3,(H,13,15)/t9-,10-/m1/s1. The van der Waals surface area contributed by atoms with Gasteiger partial charge in [-0.2, -0.15) is 0 Å². The van der Waals surface area contributed by atoms with Crippen molar-refractivity contribution in [2.45, 2.75) is 51.9 Å². The summed E-state index contributed by atoms with van der Waals surface area (Å²) in [6.45, 7) is 6.78. The molecule has 0 aliphatic heterocycles. The Morgan fingerprint density at radius 1 is 1.29 bits per heavy atom. The molecule has 1 N–H and O–H groups in total. The molecule has 96 valence electrons. The van der Waals surface area contributed by atoms with E-state index in [2.05, 4.69) is 5.32 Å². The van der Waals surface area contributed by atoms with Gasteiger partial charge in [-0.05, 0) is 26.8 Å². The highest BCUT2D eigenvalue weighted by Gasteiger charge is 2.24. The molecule has 0 aromatic heterocycles. The van der Waals surface area contributed by atoms with E-state index in [-0.39, 0.29) is 18.1 Å². The van der Waals surface area contributed by atoms with E-state index < -0.39 is 11.7 Å². The molecule has 0 unspecified atom stereocenters. The van der Waals surface area contributed by atoms with Crippen molar-refractivity contribution in [2.75, 3.05) is 0 Å². The van der Waals surface area contributed by atoms with Crippen molar-refractivity contribution in [2.24, 2.45) is 0 Å². The Bertz CT molecular complexity index is 330. The third-order valence-corrected chi connectivity index (χ3v) is 2.06. The van der Waals surface area contributed by atoms with Crippen LogP contribution in [0.4, 0.5) is 4.79 Å². The second-order valence-corrected chi connectivity index (χ2v) is 5.02. The third-order valence-electron chi connectivity index (χ3n) is 2.06. The average Bonchev–Trinajstić information content (AvgIpc) is 2.46. The van der Waals surface area contributed by atoms with Crippen LogP contribution in [0.2, 0.25) is 0 Å². The fraction of sp³-hybridized carbons (Fsp3) is 0.667. The third kappa shape index (κ3) is 5.38. The fourth-order valence-corrected chi connectivity index (χ4v) is 1.53. The number of hydrogen-bond acceptors (Lipinski definition) is 4. The number of carbonyl (C=O) groups excluding carboxylic acids is 2. The first-order valence-corrected chi connectivity index (χ1v) is 5.61. The number of rotatable bonds is 2. The maximum Gasteiger partial charge on any atom is 0.408 e. The minimum Gasteiger partial charge on any atom is -0.458 e. The Balaban J connectivity index is 2.34. The summed E-state index contributed by atoms with van der Waals surface area (Å²) < 4.78 is 10.1. The zero-order chi connectivity index (χ0) is 13.1. The molecule has 1 aliphatic rings. The smallest absolute Gasteiger partial charge is 0.408 e. The Kier molecular flexibility index (Phi) is 4.15. The summed E-state index contributed by atoms with van der Waals surface area (Å²) in [5, 5.41) is 2.70. The first kappa shape index (κ1) is 13.5. The quantitative estimate of drug-likeness (QED) is 0.591. The topological polar surface area (TPSA) is 64.6 Å².